The van der Waals surface area contributed by atoms with Crippen LogP contribution in [0.5, 0.6) is 5.75 Å². The van der Waals surface area contributed by atoms with Crippen molar-refractivity contribution in [2.24, 2.45) is 0 Å². The van der Waals surface area contributed by atoms with Crippen molar-refractivity contribution in [3.63, 3.8) is 0 Å². The second-order valence-corrected chi connectivity index (χ2v) is 6.22. The van der Waals surface area contributed by atoms with Crippen LogP contribution in [0.4, 0.5) is 0 Å². The lowest BCUT2D eigenvalue weighted by atomic mass is 10.0. The molecule has 0 aliphatic carbocycles. The Kier molecular flexibility index (Phi) is 5.24. The van der Waals surface area contributed by atoms with E-state index >= 15 is 0 Å². The number of ether oxygens (including phenoxy) is 1. The SMILES string of the molecule is COc1ccc(Br)c(CC(O)c2ccccc2I)c1. The summed E-state index contributed by atoms with van der Waals surface area (Å²) in [6, 6.07) is 13.7. The summed E-state index contributed by atoms with van der Waals surface area (Å²) in [5, 5.41) is 10.4. The van der Waals surface area contributed by atoms with Crippen LogP contribution < -0.4 is 4.74 Å². The molecule has 2 aromatic rings. The molecule has 100 valence electrons. The number of aliphatic hydroxyl groups is 1. The van der Waals surface area contributed by atoms with Crippen molar-refractivity contribution >= 4 is 38.5 Å². The highest BCUT2D eigenvalue weighted by Crippen LogP contribution is 2.29. The van der Waals surface area contributed by atoms with Crippen LogP contribution >= 0.6 is 38.5 Å². The Morgan fingerprint density at radius 2 is 2.00 bits per heavy atom. The highest BCUT2D eigenvalue weighted by Gasteiger charge is 2.13. The van der Waals surface area contributed by atoms with E-state index in [1.807, 2.05) is 42.5 Å². The Balaban J connectivity index is 2.24. The molecule has 0 aliphatic heterocycles. The van der Waals surface area contributed by atoms with Gasteiger partial charge in [-0.3, -0.25) is 0 Å². The first-order valence-electron chi connectivity index (χ1n) is 5.86. The minimum atomic E-state index is -0.517. The Morgan fingerprint density at radius 3 is 2.68 bits per heavy atom. The maximum Gasteiger partial charge on any atom is 0.119 e. The third-order valence-electron chi connectivity index (χ3n) is 2.93. The van der Waals surface area contributed by atoms with Crippen molar-refractivity contribution in [3.05, 3.63) is 61.6 Å². The van der Waals surface area contributed by atoms with E-state index in [-0.39, 0.29) is 0 Å². The average Bonchev–Trinajstić information content (AvgIpc) is 2.41. The molecule has 2 rings (SSSR count). The minimum absolute atomic E-state index is 0.517. The fourth-order valence-corrected chi connectivity index (χ4v) is 3.05. The summed E-state index contributed by atoms with van der Waals surface area (Å²) >= 11 is 5.76. The van der Waals surface area contributed by atoms with Crippen LogP contribution in [-0.2, 0) is 6.42 Å². The van der Waals surface area contributed by atoms with Crippen LogP contribution in [0.15, 0.2) is 46.9 Å². The van der Waals surface area contributed by atoms with Crippen LogP contribution in [0.1, 0.15) is 17.2 Å². The zero-order valence-electron chi connectivity index (χ0n) is 10.4. The van der Waals surface area contributed by atoms with Gasteiger partial charge in [0.25, 0.3) is 0 Å². The minimum Gasteiger partial charge on any atom is -0.497 e. The molecule has 0 saturated heterocycles. The number of halogens is 2. The quantitative estimate of drug-likeness (QED) is 0.728. The highest BCUT2D eigenvalue weighted by molar-refractivity contribution is 14.1. The summed E-state index contributed by atoms with van der Waals surface area (Å²) in [7, 11) is 1.64. The van der Waals surface area contributed by atoms with Crippen LogP contribution in [0.2, 0.25) is 0 Å². The molecule has 0 amide bonds. The topological polar surface area (TPSA) is 29.5 Å². The maximum absolute atomic E-state index is 10.4. The summed E-state index contributed by atoms with van der Waals surface area (Å²) in [5.74, 6) is 0.799. The van der Waals surface area contributed by atoms with Crippen molar-refractivity contribution in [2.75, 3.05) is 7.11 Å². The summed E-state index contributed by atoms with van der Waals surface area (Å²) in [6.07, 6.45) is 0.0362. The van der Waals surface area contributed by atoms with E-state index in [1.54, 1.807) is 7.11 Å². The summed E-state index contributed by atoms with van der Waals surface area (Å²) in [6.45, 7) is 0. The van der Waals surface area contributed by atoms with Crippen molar-refractivity contribution in [3.8, 4) is 5.75 Å². The Hall–Kier alpha value is -0.590. The van der Waals surface area contributed by atoms with E-state index < -0.39 is 6.10 Å². The number of rotatable bonds is 4. The number of methoxy groups -OCH3 is 1. The highest BCUT2D eigenvalue weighted by atomic mass is 127. The second kappa shape index (κ2) is 6.72. The van der Waals surface area contributed by atoms with E-state index in [0.29, 0.717) is 6.42 Å². The van der Waals surface area contributed by atoms with Crippen molar-refractivity contribution < 1.29 is 9.84 Å². The van der Waals surface area contributed by atoms with Crippen LogP contribution in [0, 0.1) is 3.57 Å². The lowest BCUT2D eigenvalue weighted by Crippen LogP contribution is -2.04. The lowest BCUT2D eigenvalue weighted by molar-refractivity contribution is 0.177. The van der Waals surface area contributed by atoms with Gasteiger partial charge in [0.05, 0.1) is 13.2 Å². The lowest BCUT2D eigenvalue weighted by Gasteiger charge is -2.14. The average molecular weight is 433 g/mol. The van der Waals surface area contributed by atoms with Gasteiger partial charge in [0.2, 0.25) is 0 Å². The Labute approximate surface area is 135 Å². The number of aliphatic hydroxyl groups excluding tert-OH is 1. The van der Waals surface area contributed by atoms with Crippen molar-refractivity contribution in [1.82, 2.24) is 0 Å². The molecule has 2 aromatic carbocycles. The first-order valence-corrected chi connectivity index (χ1v) is 7.74. The largest absolute Gasteiger partial charge is 0.497 e. The monoisotopic (exact) mass is 432 g/mol. The number of benzene rings is 2. The first-order chi connectivity index (χ1) is 9.11. The molecule has 4 heteroatoms. The third-order valence-corrected chi connectivity index (χ3v) is 4.69. The van der Waals surface area contributed by atoms with Crippen molar-refractivity contribution in [2.45, 2.75) is 12.5 Å². The zero-order valence-corrected chi connectivity index (χ0v) is 14.2. The van der Waals surface area contributed by atoms with E-state index in [0.717, 1.165) is 24.9 Å². The molecular weight excluding hydrogens is 419 g/mol. The molecule has 0 aromatic heterocycles. The molecule has 2 nitrogen and oxygen atoms in total. The van der Waals surface area contributed by atoms with Gasteiger partial charge in [-0.25, -0.2) is 0 Å². The van der Waals surface area contributed by atoms with Gasteiger partial charge in [0, 0.05) is 14.5 Å². The summed E-state index contributed by atoms with van der Waals surface area (Å²) < 4.78 is 7.28. The first kappa shape index (κ1) is 14.8. The zero-order chi connectivity index (χ0) is 13.8. The van der Waals surface area contributed by atoms with Crippen molar-refractivity contribution in [1.29, 1.82) is 0 Å². The standard InChI is InChI=1S/C15H14BrIO2/c1-19-11-6-7-13(16)10(8-11)9-15(18)12-4-2-3-5-14(12)17/h2-8,15,18H,9H2,1H3. The van der Waals surface area contributed by atoms with Gasteiger partial charge in [-0.2, -0.15) is 0 Å². The van der Waals surface area contributed by atoms with E-state index in [4.69, 9.17) is 4.74 Å². The normalized spacial score (nSPS) is 12.2. The summed E-state index contributed by atoms with van der Waals surface area (Å²) in [5.41, 5.74) is 1.99. The number of hydrogen-bond acceptors (Lipinski definition) is 2. The molecule has 1 unspecified atom stereocenters. The van der Waals surface area contributed by atoms with E-state index in [2.05, 4.69) is 38.5 Å². The maximum atomic E-state index is 10.4. The van der Waals surface area contributed by atoms with E-state index in [9.17, 15) is 5.11 Å². The molecular formula is C15H14BrIO2. The van der Waals surface area contributed by atoms with Gasteiger partial charge < -0.3 is 9.84 Å². The van der Waals surface area contributed by atoms with Crippen LogP contribution in [0.3, 0.4) is 0 Å². The summed E-state index contributed by atoms with van der Waals surface area (Å²) in [4.78, 5) is 0. The van der Waals surface area contributed by atoms with E-state index in [1.165, 1.54) is 0 Å². The second-order valence-electron chi connectivity index (χ2n) is 4.20. The van der Waals surface area contributed by atoms with Gasteiger partial charge in [-0.1, -0.05) is 34.1 Å². The van der Waals surface area contributed by atoms with Gasteiger partial charge in [0.1, 0.15) is 5.75 Å². The smallest absolute Gasteiger partial charge is 0.119 e. The van der Waals surface area contributed by atoms with Gasteiger partial charge in [-0.05, 0) is 58.0 Å². The molecule has 1 atom stereocenters. The fraction of sp³-hybridized carbons (Fsp3) is 0.200. The molecule has 0 aliphatic rings. The molecule has 19 heavy (non-hydrogen) atoms. The predicted octanol–water partition coefficient (Wildman–Crippen LogP) is 4.34. The molecule has 1 N–H and O–H groups in total. The molecule has 0 spiro atoms. The molecule has 0 radical (unpaired) electrons. The van der Waals surface area contributed by atoms with Gasteiger partial charge in [-0.15, -0.1) is 0 Å². The van der Waals surface area contributed by atoms with Gasteiger partial charge >= 0.3 is 0 Å². The Morgan fingerprint density at radius 1 is 1.26 bits per heavy atom. The van der Waals surface area contributed by atoms with Crippen LogP contribution in [0.25, 0.3) is 0 Å². The van der Waals surface area contributed by atoms with Crippen LogP contribution in [-0.4, -0.2) is 12.2 Å². The van der Waals surface area contributed by atoms with Gasteiger partial charge in [0.15, 0.2) is 0 Å². The molecule has 0 bridgehead atoms. The number of hydrogen-bond donors (Lipinski definition) is 1. The molecule has 0 fully saturated rings. The third kappa shape index (κ3) is 3.70. The molecule has 0 saturated carbocycles. The fourth-order valence-electron chi connectivity index (χ4n) is 1.90. The molecule has 0 heterocycles. The Bertz CT molecular complexity index is 572. The predicted molar refractivity (Wildman–Crippen MR) is 88.5 cm³/mol.